The van der Waals surface area contributed by atoms with E-state index in [-0.39, 0.29) is 12.3 Å². The number of carbonyl (C=O) groups excluding carboxylic acids is 3. The van der Waals surface area contributed by atoms with Gasteiger partial charge in [-0.3, -0.25) is 9.59 Å². The number of allylic oxidation sites excluding steroid dienone is 2. The first kappa shape index (κ1) is 20.6. The Kier molecular flexibility index (Phi) is 10.1. The van der Waals surface area contributed by atoms with E-state index in [1.807, 2.05) is 13.0 Å². The highest BCUT2D eigenvalue weighted by Gasteiger charge is 2.32. The second-order valence-electron chi connectivity index (χ2n) is 4.76. The molecule has 0 aliphatic carbocycles. The van der Waals surface area contributed by atoms with E-state index in [2.05, 4.69) is 29.2 Å². The van der Waals surface area contributed by atoms with Gasteiger partial charge in [0.1, 0.15) is 0 Å². The Morgan fingerprint density at radius 3 is 2.52 bits per heavy atom. The van der Waals surface area contributed by atoms with Crippen LogP contribution >= 0.6 is 0 Å². The highest BCUT2D eigenvalue weighted by molar-refractivity contribution is 5.88. The molecule has 1 aliphatic rings. The maximum Gasteiger partial charge on any atom is 0.515 e. The Hall–Kier alpha value is -2.37. The summed E-state index contributed by atoms with van der Waals surface area (Å²) in [5.74, 6) is -1.38. The molecule has 1 aliphatic heterocycles. The lowest BCUT2D eigenvalue weighted by Gasteiger charge is -2.30. The molecule has 6 heteroatoms. The fraction of sp³-hybridized carbons (Fsp3) is 0.471. The highest BCUT2D eigenvalue weighted by Crippen LogP contribution is 2.21. The van der Waals surface area contributed by atoms with Gasteiger partial charge in [0.15, 0.2) is 0 Å². The first-order valence-corrected chi connectivity index (χ1v) is 7.36. The molecule has 128 valence electrons. The molecule has 1 fully saturated rings. The molecule has 1 saturated heterocycles. The Bertz CT molecular complexity index is 470. The minimum atomic E-state index is -1.04. The molecule has 1 heterocycles. The van der Waals surface area contributed by atoms with Crippen molar-refractivity contribution >= 4 is 18.0 Å². The fourth-order valence-corrected chi connectivity index (χ4v) is 2.15. The number of likely N-dealkylation sites (tertiary alicyclic amines) is 1. The average Bonchev–Trinajstić information content (AvgIpc) is 2.58. The molecule has 0 bridgehead atoms. The van der Waals surface area contributed by atoms with Gasteiger partial charge in [-0.25, -0.2) is 4.79 Å². The van der Waals surface area contributed by atoms with Crippen LogP contribution in [0.4, 0.5) is 4.79 Å². The van der Waals surface area contributed by atoms with Crippen molar-refractivity contribution in [1.82, 2.24) is 4.90 Å². The summed E-state index contributed by atoms with van der Waals surface area (Å²) < 4.78 is 8.72. The van der Waals surface area contributed by atoms with Gasteiger partial charge in [0.2, 0.25) is 5.91 Å². The quantitative estimate of drug-likeness (QED) is 0.337. The molecule has 0 aromatic rings. The van der Waals surface area contributed by atoms with Gasteiger partial charge in [0.25, 0.3) is 0 Å². The van der Waals surface area contributed by atoms with Crippen LogP contribution in [0.3, 0.4) is 0 Å². The van der Waals surface area contributed by atoms with Crippen LogP contribution in [0, 0.1) is 5.92 Å². The zero-order valence-corrected chi connectivity index (χ0v) is 13.9. The number of hydrogen-bond acceptors (Lipinski definition) is 5. The van der Waals surface area contributed by atoms with E-state index in [0.717, 1.165) is 19.1 Å². The third-order valence-corrected chi connectivity index (χ3v) is 3.51. The van der Waals surface area contributed by atoms with Crippen LogP contribution < -0.4 is 0 Å². The van der Waals surface area contributed by atoms with Crippen LogP contribution in [-0.2, 0) is 19.1 Å². The Balaban J connectivity index is 0.00000232. The van der Waals surface area contributed by atoms with Gasteiger partial charge in [-0.05, 0) is 19.8 Å². The zero-order valence-electron chi connectivity index (χ0n) is 13.9. The third-order valence-electron chi connectivity index (χ3n) is 3.51. The summed E-state index contributed by atoms with van der Waals surface area (Å²) in [6, 6.07) is 0. The normalized spacial score (nSPS) is 17.7. The molecule has 1 rings (SSSR count). The molecular formula is C17H25NO5. The van der Waals surface area contributed by atoms with Gasteiger partial charge in [0.05, 0.1) is 13.0 Å². The lowest BCUT2D eigenvalue weighted by Crippen LogP contribution is -2.42. The molecule has 0 aromatic heterocycles. The van der Waals surface area contributed by atoms with Gasteiger partial charge in [0, 0.05) is 19.5 Å². The van der Waals surface area contributed by atoms with Crippen LogP contribution in [0.25, 0.3) is 0 Å². The number of esters is 1. The summed E-state index contributed by atoms with van der Waals surface area (Å²) in [7, 11) is 1.13. The molecule has 0 N–H and O–H groups in total. The number of nitrogens with zero attached hydrogens (tertiary/aromatic N) is 1. The Morgan fingerprint density at radius 2 is 2.04 bits per heavy atom. The lowest BCUT2D eigenvalue weighted by atomic mass is 9.96. The Labute approximate surface area is 137 Å². The minimum Gasteiger partial charge on any atom is -0.437 e. The number of rotatable bonds is 5. The van der Waals surface area contributed by atoms with E-state index in [4.69, 9.17) is 0 Å². The van der Waals surface area contributed by atoms with Crippen molar-refractivity contribution in [2.75, 3.05) is 20.2 Å². The second-order valence-corrected chi connectivity index (χ2v) is 4.76. The first-order valence-electron chi connectivity index (χ1n) is 7.36. The monoisotopic (exact) mass is 323 g/mol. The summed E-state index contributed by atoms with van der Waals surface area (Å²) in [6.07, 6.45) is 3.97. The Morgan fingerprint density at radius 1 is 1.39 bits per heavy atom. The van der Waals surface area contributed by atoms with Crippen LogP contribution in [-0.4, -0.2) is 43.1 Å². The molecule has 0 saturated carbocycles. The lowest BCUT2D eigenvalue weighted by molar-refractivity contribution is -0.151. The number of methoxy groups -OCH3 is 1. The predicted molar refractivity (Wildman–Crippen MR) is 87.6 cm³/mol. The van der Waals surface area contributed by atoms with Gasteiger partial charge in [-0.1, -0.05) is 24.3 Å². The van der Waals surface area contributed by atoms with Gasteiger partial charge >= 0.3 is 12.1 Å². The summed E-state index contributed by atoms with van der Waals surface area (Å²) in [6.45, 7) is 12.7. The van der Waals surface area contributed by atoms with Crippen molar-refractivity contribution in [1.29, 1.82) is 0 Å². The fourth-order valence-electron chi connectivity index (χ4n) is 2.15. The largest absolute Gasteiger partial charge is 0.515 e. The van der Waals surface area contributed by atoms with E-state index in [9.17, 15) is 14.4 Å². The van der Waals surface area contributed by atoms with Crippen molar-refractivity contribution in [2.45, 2.75) is 26.2 Å². The smallest absolute Gasteiger partial charge is 0.437 e. The van der Waals surface area contributed by atoms with Crippen LogP contribution in [0.1, 0.15) is 26.2 Å². The minimum absolute atomic E-state index is 0.0646. The number of ether oxygens (including phenoxy) is 2. The highest BCUT2D eigenvalue weighted by atomic mass is 16.7. The van der Waals surface area contributed by atoms with Crippen molar-refractivity contribution in [3.8, 4) is 0 Å². The molecule has 0 radical (unpaired) electrons. The molecule has 6 nitrogen and oxygen atoms in total. The predicted octanol–water partition coefficient (Wildman–Crippen LogP) is 2.86. The molecule has 1 unspecified atom stereocenters. The van der Waals surface area contributed by atoms with E-state index in [1.54, 1.807) is 11.0 Å². The van der Waals surface area contributed by atoms with Gasteiger partial charge in [-0.15, -0.1) is 13.2 Å². The van der Waals surface area contributed by atoms with Gasteiger partial charge < -0.3 is 14.4 Å². The van der Waals surface area contributed by atoms with Crippen LogP contribution in [0.15, 0.2) is 37.5 Å². The summed E-state index contributed by atoms with van der Waals surface area (Å²) in [5, 5.41) is 0. The van der Waals surface area contributed by atoms with Gasteiger partial charge in [-0.2, -0.15) is 0 Å². The molecule has 0 aromatic carbocycles. The molecule has 0 spiro atoms. The maximum atomic E-state index is 12.0. The summed E-state index contributed by atoms with van der Waals surface area (Å²) in [5.41, 5.74) is 1.08. The number of piperidine rings is 1. The van der Waals surface area contributed by atoms with Crippen molar-refractivity contribution < 1.29 is 23.9 Å². The van der Waals surface area contributed by atoms with E-state index in [0.29, 0.717) is 19.5 Å². The standard InChI is InChI=1S/C15H21NO5.C2H4/c1-4-11(5-2)6-8-16-9-7-12(10-13(16)17)14(18)21-15(19)20-3;1-2/h4-5,12H,1,6-10H2,2-3H3;1-2H2/b11-5+;. The van der Waals surface area contributed by atoms with E-state index in [1.165, 1.54) is 0 Å². The first-order chi connectivity index (χ1) is 11.0. The van der Waals surface area contributed by atoms with Crippen LogP contribution in [0.5, 0.6) is 0 Å². The van der Waals surface area contributed by atoms with E-state index < -0.39 is 18.0 Å². The molecule has 1 amide bonds. The summed E-state index contributed by atoms with van der Waals surface area (Å²) >= 11 is 0. The number of hydrogen-bond donors (Lipinski definition) is 0. The van der Waals surface area contributed by atoms with Crippen LogP contribution in [0.2, 0.25) is 0 Å². The zero-order chi connectivity index (χ0) is 17.8. The topological polar surface area (TPSA) is 72.9 Å². The van der Waals surface area contributed by atoms with Crippen molar-refractivity contribution in [2.24, 2.45) is 5.92 Å². The number of carbonyl (C=O) groups is 3. The molecule has 23 heavy (non-hydrogen) atoms. The molecular weight excluding hydrogens is 298 g/mol. The summed E-state index contributed by atoms with van der Waals surface area (Å²) in [4.78, 5) is 36.3. The van der Waals surface area contributed by atoms with Crippen molar-refractivity contribution in [3.63, 3.8) is 0 Å². The maximum absolute atomic E-state index is 12.0. The van der Waals surface area contributed by atoms with Crippen molar-refractivity contribution in [3.05, 3.63) is 37.5 Å². The third kappa shape index (κ3) is 6.95. The molecule has 1 atom stereocenters. The van der Waals surface area contributed by atoms with E-state index >= 15 is 0 Å². The average molecular weight is 323 g/mol. The number of amides is 1. The second kappa shape index (κ2) is 11.2. The SMILES string of the molecule is C=C.C=C/C(=C\C)CCN1CCC(C(=O)OC(=O)OC)CC1=O.